The lowest BCUT2D eigenvalue weighted by atomic mass is 10.2. The minimum atomic E-state index is -0.538. The number of fused-ring (bicyclic) bond motifs is 1. The molecular weight excluding hydrogens is 348 g/mol. The van der Waals surface area contributed by atoms with E-state index in [1.807, 2.05) is 24.3 Å². The molecule has 3 rings (SSSR count). The van der Waals surface area contributed by atoms with E-state index in [4.69, 9.17) is 4.74 Å². The average molecular weight is 366 g/mol. The summed E-state index contributed by atoms with van der Waals surface area (Å²) in [6.45, 7) is 3.45. The number of benzene rings is 2. The van der Waals surface area contributed by atoms with Gasteiger partial charge in [-0.05, 0) is 55.8 Å². The standard InChI is InChI=1S/C20H18N2O3S/c1-3-4-19(24)25-12-18(23)21-15-8-6-14(7-9-15)20-22-16-10-5-13(2)11-17(16)26-20/h3-11H,12H2,1-2H3,(H,21,23)/b4-3+. The van der Waals surface area contributed by atoms with Gasteiger partial charge in [0.15, 0.2) is 6.61 Å². The predicted molar refractivity (Wildman–Crippen MR) is 104 cm³/mol. The molecule has 0 bridgehead atoms. The monoisotopic (exact) mass is 366 g/mol. The molecule has 1 aromatic heterocycles. The molecule has 5 nitrogen and oxygen atoms in total. The Morgan fingerprint density at radius 1 is 1.19 bits per heavy atom. The third kappa shape index (κ3) is 4.34. The lowest BCUT2D eigenvalue weighted by molar-refractivity contribution is -0.142. The van der Waals surface area contributed by atoms with Gasteiger partial charge in [-0.2, -0.15) is 0 Å². The molecule has 0 radical (unpaired) electrons. The number of amides is 1. The summed E-state index contributed by atoms with van der Waals surface area (Å²) in [6, 6.07) is 13.6. The number of aromatic nitrogens is 1. The maximum atomic E-state index is 11.8. The molecule has 0 atom stereocenters. The van der Waals surface area contributed by atoms with Crippen LogP contribution in [0, 0.1) is 6.92 Å². The van der Waals surface area contributed by atoms with Crippen LogP contribution in [-0.2, 0) is 14.3 Å². The van der Waals surface area contributed by atoms with Crippen molar-refractivity contribution in [1.82, 2.24) is 4.98 Å². The molecule has 26 heavy (non-hydrogen) atoms. The summed E-state index contributed by atoms with van der Waals surface area (Å²) in [6.07, 6.45) is 2.82. The third-order valence-corrected chi connectivity index (χ3v) is 4.68. The lowest BCUT2D eigenvalue weighted by Gasteiger charge is -2.06. The Morgan fingerprint density at radius 2 is 1.96 bits per heavy atom. The van der Waals surface area contributed by atoms with E-state index in [-0.39, 0.29) is 12.5 Å². The first-order valence-corrected chi connectivity index (χ1v) is 8.94. The van der Waals surface area contributed by atoms with Gasteiger partial charge in [-0.25, -0.2) is 9.78 Å². The smallest absolute Gasteiger partial charge is 0.330 e. The maximum Gasteiger partial charge on any atom is 0.330 e. The molecule has 0 aliphatic heterocycles. The van der Waals surface area contributed by atoms with Gasteiger partial charge in [-0.15, -0.1) is 11.3 Å². The van der Waals surface area contributed by atoms with Crippen molar-refractivity contribution >= 4 is 39.1 Å². The zero-order valence-electron chi connectivity index (χ0n) is 14.5. The van der Waals surface area contributed by atoms with Gasteiger partial charge in [0.1, 0.15) is 5.01 Å². The Morgan fingerprint density at radius 3 is 2.69 bits per heavy atom. The number of carbonyl (C=O) groups excluding carboxylic acids is 2. The lowest BCUT2D eigenvalue weighted by Crippen LogP contribution is -2.20. The number of carbonyl (C=O) groups is 2. The number of thiazole rings is 1. The van der Waals surface area contributed by atoms with Gasteiger partial charge in [0, 0.05) is 17.3 Å². The number of ether oxygens (including phenoxy) is 1. The zero-order valence-corrected chi connectivity index (χ0v) is 15.3. The van der Waals surface area contributed by atoms with Gasteiger partial charge in [0.2, 0.25) is 0 Å². The van der Waals surface area contributed by atoms with Gasteiger partial charge < -0.3 is 10.1 Å². The number of nitrogens with one attached hydrogen (secondary N) is 1. The van der Waals surface area contributed by atoms with Crippen molar-refractivity contribution in [2.45, 2.75) is 13.8 Å². The quantitative estimate of drug-likeness (QED) is 0.539. The number of hydrogen-bond acceptors (Lipinski definition) is 5. The van der Waals surface area contributed by atoms with Crippen LogP contribution in [-0.4, -0.2) is 23.5 Å². The molecule has 0 saturated heterocycles. The fourth-order valence-electron chi connectivity index (χ4n) is 2.37. The molecule has 1 heterocycles. The summed E-state index contributed by atoms with van der Waals surface area (Å²) in [5.41, 5.74) is 3.82. The van der Waals surface area contributed by atoms with Crippen LogP contribution < -0.4 is 5.32 Å². The van der Waals surface area contributed by atoms with Gasteiger partial charge in [0.05, 0.1) is 10.2 Å². The summed E-state index contributed by atoms with van der Waals surface area (Å²) in [7, 11) is 0. The summed E-state index contributed by atoms with van der Waals surface area (Å²) in [5.74, 6) is -0.921. The Kier molecular flexibility index (Phi) is 5.43. The SMILES string of the molecule is C/C=C/C(=O)OCC(=O)Nc1ccc(-c2nc3ccc(C)cc3s2)cc1. The normalized spacial score (nSPS) is 11.0. The van der Waals surface area contributed by atoms with Gasteiger partial charge >= 0.3 is 5.97 Å². The Labute approximate surface area is 155 Å². The highest BCUT2D eigenvalue weighted by Crippen LogP contribution is 2.31. The van der Waals surface area contributed by atoms with Crippen LogP contribution in [0.25, 0.3) is 20.8 Å². The molecule has 0 aliphatic rings. The molecule has 1 amide bonds. The van der Waals surface area contributed by atoms with E-state index < -0.39 is 5.97 Å². The molecule has 0 unspecified atom stereocenters. The fourth-order valence-corrected chi connectivity index (χ4v) is 3.44. The Balaban J connectivity index is 1.66. The van der Waals surface area contributed by atoms with Gasteiger partial charge in [-0.3, -0.25) is 4.79 Å². The fraction of sp³-hybridized carbons (Fsp3) is 0.150. The van der Waals surface area contributed by atoms with E-state index in [0.29, 0.717) is 5.69 Å². The van der Waals surface area contributed by atoms with Crippen LogP contribution >= 0.6 is 11.3 Å². The van der Waals surface area contributed by atoms with E-state index >= 15 is 0 Å². The molecular formula is C20H18N2O3S. The van der Waals surface area contributed by atoms with E-state index in [2.05, 4.69) is 23.3 Å². The molecule has 132 valence electrons. The first kappa shape index (κ1) is 17.8. The van der Waals surface area contributed by atoms with Crippen molar-refractivity contribution in [1.29, 1.82) is 0 Å². The Hall–Kier alpha value is -2.99. The molecule has 1 N–H and O–H groups in total. The maximum absolute atomic E-state index is 11.8. The minimum absolute atomic E-state index is 0.317. The number of esters is 1. The highest BCUT2D eigenvalue weighted by molar-refractivity contribution is 7.21. The van der Waals surface area contributed by atoms with E-state index in [1.165, 1.54) is 11.6 Å². The number of anilines is 1. The summed E-state index contributed by atoms with van der Waals surface area (Å²) in [5, 5.41) is 3.63. The van der Waals surface area contributed by atoms with Gasteiger partial charge in [0.25, 0.3) is 5.91 Å². The van der Waals surface area contributed by atoms with E-state index in [9.17, 15) is 9.59 Å². The van der Waals surface area contributed by atoms with Crippen molar-refractivity contribution in [3.05, 3.63) is 60.2 Å². The second kappa shape index (κ2) is 7.93. The second-order valence-electron chi connectivity index (χ2n) is 5.72. The van der Waals surface area contributed by atoms with Crippen LogP contribution in [0.15, 0.2) is 54.6 Å². The van der Waals surface area contributed by atoms with Crippen LogP contribution in [0.3, 0.4) is 0 Å². The number of aryl methyl sites for hydroxylation is 1. The van der Waals surface area contributed by atoms with E-state index in [1.54, 1.807) is 36.5 Å². The van der Waals surface area contributed by atoms with Gasteiger partial charge in [-0.1, -0.05) is 12.1 Å². The topological polar surface area (TPSA) is 68.3 Å². The number of rotatable bonds is 5. The third-order valence-electron chi connectivity index (χ3n) is 3.61. The molecule has 0 spiro atoms. The molecule has 6 heteroatoms. The van der Waals surface area contributed by atoms with Crippen LogP contribution in [0.1, 0.15) is 12.5 Å². The van der Waals surface area contributed by atoms with E-state index in [0.717, 1.165) is 20.8 Å². The largest absolute Gasteiger partial charge is 0.452 e. The summed E-state index contributed by atoms with van der Waals surface area (Å²) < 4.78 is 5.96. The number of allylic oxidation sites excluding steroid dienone is 1. The van der Waals surface area contributed by atoms with Crippen LogP contribution in [0.2, 0.25) is 0 Å². The van der Waals surface area contributed by atoms with Crippen molar-refractivity contribution in [2.75, 3.05) is 11.9 Å². The second-order valence-corrected chi connectivity index (χ2v) is 6.75. The van der Waals surface area contributed by atoms with Crippen molar-refractivity contribution in [2.24, 2.45) is 0 Å². The molecule has 2 aromatic carbocycles. The molecule has 3 aromatic rings. The summed E-state index contributed by atoms with van der Waals surface area (Å²) in [4.78, 5) is 27.7. The average Bonchev–Trinajstić information content (AvgIpc) is 3.04. The highest BCUT2D eigenvalue weighted by Gasteiger charge is 2.08. The molecule has 0 aliphatic carbocycles. The minimum Gasteiger partial charge on any atom is -0.452 e. The Bertz CT molecular complexity index is 974. The number of nitrogens with zero attached hydrogens (tertiary/aromatic N) is 1. The predicted octanol–water partition coefficient (Wildman–Crippen LogP) is 4.33. The first-order chi connectivity index (χ1) is 12.5. The van der Waals surface area contributed by atoms with Crippen molar-refractivity contribution < 1.29 is 14.3 Å². The molecule has 0 fully saturated rings. The summed E-state index contributed by atoms with van der Waals surface area (Å²) >= 11 is 1.64. The van der Waals surface area contributed by atoms with Crippen molar-refractivity contribution in [3.63, 3.8) is 0 Å². The first-order valence-electron chi connectivity index (χ1n) is 8.12. The number of hydrogen-bond donors (Lipinski definition) is 1. The van der Waals surface area contributed by atoms with Crippen LogP contribution in [0.4, 0.5) is 5.69 Å². The van der Waals surface area contributed by atoms with Crippen LogP contribution in [0.5, 0.6) is 0 Å². The molecule has 0 saturated carbocycles. The zero-order chi connectivity index (χ0) is 18.5. The highest BCUT2D eigenvalue weighted by atomic mass is 32.1. The van der Waals surface area contributed by atoms with Crippen molar-refractivity contribution in [3.8, 4) is 10.6 Å².